The maximum absolute atomic E-state index is 13.3. The van der Waals surface area contributed by atoms with Gasteiger partial charge in [0.2, 0.25) is 11.7 Å². The molecule has 0 spiro atoms. The number of amides is 1. The van der Waals surface area contributed by atoms with Crippen LogP contribution in [0.3, 0.4) is 0 Å². The van der Waals surface area contributed by atoms with E-state index in [4.69, 9.17) is 4.74 Å². The van der Waals surface area contributed by atoms with Gasteiger partial charge in [-0.15, -0.1) is 0 Å². The van der Waals surface area contributed by atoms with Gasteiger partial charge in [0, 0.05) is 29.5 Å². The van der Waals surface area contributed by atoms with Gasteiger partial charge < -0.3 is 20.1 Å². The Labute approximate surface area is 183 Å². The lowest BCUT2D eigenvalue weighted by Crippen LogP contribution is -2.30. The Kier molecular flexibility index (Phi) is 5.43. The Morgan fingerprint density at radius 2 is 1.81 bits per heavy atom. The minimum atomic E-state index is -0.590. The molecule has 1 atom stereocenters. The van der Waals surface area contributed by atoms with Crippen molar-refractivity contribution < 1.29 is 34.4 Å². The molecule has 1 unspecified atom stereocenters. The molecule has 9 nitrogen and oxygen atoms in total. The Bertz CT molecular complexity index is 1200. The summed E-state index contributed by atoms with van der Waals surface area (Å²) in [5, 5.41) is 35.7. The van der Waals surface area contributed by atoms with Crippen molar-refractivity contribution in [1.82, 2.24) is 5.43 Å². The molecule has 32 heavy (non-hydrogen) atoms. The lowest BCUT2D eigenvalue weighted by molar-refractivity contribution is -0.118. The number of carbonyl (C=O) groups is 3. The number of phenolic OH excluding ortho intramolecular Hbond substituents is 2. The van der Waals surface area contributed by atoms with Crippen LogP contribution in [0.2, 0.25) is 0 Å². The zero-order valence-corrected chi connectivity index (χ0v) is 17.6. The lowest BCUT2D eigenvalue weighted by Gasteiger charge is -2.30. The molecule has 0 aliphatic heterocycles. The van der Waals surface area contributed by atoms with Crippen LogP contribution < -0.4 is 10.2 Å². The van der Waals surface area contributed by atoms with Crippen molar-refractivity contribution in [2.75, 3.05) is 13.7 Å². The predicted octanol–water partition coefficient (Wildman–Crippen LogP) is 1.47. The highest BCUT2D eigenvalue weighted by Crippen LogP contribution is 2.47. The number of phenols is 2. The molecule has 0 radical (unpaired) electrons. The number of nitrogens with one attached hydrogen (secondary N) is 1. The Balaban J connectivity index is 1.84. The van der Waals surface area contributed by atoms with Crippen molar-refractivity contribution in [3.8, 4) is 17.2 Å². The SMILES string of the molecule is COc1cccc2c1C(=O)c1c(O)c3c(c(O)c1C2=O)CC(/C(CO)=N/NC(C)=O)CC3. The van der Waals surface area contributed by atoms with Crippen LogP contribution in [0.1, 0.15) is 56.3 Å². The summed E-state index contributed by atoms with van der Waals surface area (Å²) in [6, 6.07) is 4.61. The molecule has 0 heterocycles. The molecule has 2 aromatic carbocycles. The number of aliphatic hydroxyl groups excluding tert-OH is 1. The molecule has 2 aliphatic rings. The van der Waals surface area contributed by atoms with Crippen molar-refractivity contribution in [2.24, 2.45) is 11.0 Å². The molecule has 9 heteroatoms. The molecule has 0 fully saturated rings. The fourth-order valence-corrected chi connectivity index (χ4v) is 4.50. The van der Waals surface area contributed by atoms with Gasteiger partial charge >= 0.3 is 0 Å². The number of ether oxygens (including phenoxy) is 1. The third-order valence-corrected chi connectivity index (χ3v) is 6.02. The van der Waals surface area contributed by atoms with Gasteiger partial charge in [0.1, 0.15) is 17.2 Å². The molecule has 4 rings (SSSR count). The van der Waals surface area contributed by atoms with Crippen LogP contribution in [0, 0.1) is 5.92 Å². The number of fused-ring (bicyclic) bond motifs is 3. The van der Waals surface area contributed by atoms with Gasteiger partial charge in [0.25, 0.3) is 0 Å². The van der Waals surface area contributed by atoms with Crippen LogP contribution in [0.25, 0.3) is 0 Å². The fourth-order valence-electron chi connectivity index (χ4n) is 4.50. The highest BCUT2D eigenvalue weighted by molar-refractivity contribution is 6.31. The van der Waals surface area contributed by atoms with E-state index in [9.17, 15) is 29.7 Å². The van der Waals surface area contributed by atoms with Crippen LogP contribution >= 0.6 is 0 Å². The van der Waals surface area contributed by atoms with Gasteiger partial charge in [-0.05, 0) is 25.3 Å². The molecule has 2 aromatic rings. The zero-order valence-electron chi connectivity index (χ0n) is 17.6. The first-order valence-corrected chi connectivity index (χ1v) is 10.1. The summed E-state index contributed by atoms with van der Waals surface area (Å²) in [6.45, 7) is 0.892. The minimum Gasteiger partial charge on any atom is -0.507 e. The Hall–Kier alpha value is -3.72. The quantitative estimate of drug-likeness (QED) is 0.274. The molecule has 0 aromatic heterocycles. The van der Waals surface area contributed by atoms with Gasteiger partial charge in [0.05, 0.1) is 36.1 Å². The van der Waals surface area contributed by atoms with Gasteiger partial charge in [-0.1, -0.05) is 12.1 Å². The average Bonchev–Trinajstić information content (AvgIpc) is 2.79. The van der Waals surface area contributed by atoms with Crippen LogP contribution in [0.5, 0.6) is 17.2 Å². The van der Waals surface area contributed by atoms with Crippen LogP contribution in [-0.4, -0.2) is 52.2 Å². The molecule has 1 amide bonds. The number of methoxy groups -OCH3 is 1. The molecule has 166 valence electrons. The molecule has 0 bridgehead atoms. The monoisotopic (exact) mass is 438 g/mol. The van der Waals surface area contributed by atoms with E-state index in [2.05, 4.69) is 10.5 Å². The summed E-state index contributed by atoms with van der Waals surface area (Å²) in [5.41, 5.74) is 3.01. The van der Waals surface area contributed by atoms with E-state index in [0.29, 0.717) is 23.3 Å². The van der Waals surface area contributed by atoms with E-state index in [-0.39, 0.29) is 64.2 Å². The summed E-state index contributed by atoms with van der Waals surface area (Å²) in [4.78, 5) is 37.7. The Morgan fingerprint density at radius 3 is 2.47 bits per heavy atom. The second kappa shape index (κ2) is 8.08. The summed E-state index contributed by atoms with van der Waals surface area (Å²) in [7, 11) is 1.38. The van der Waals surface area contributed by atoms with E-state index in [1.165, 1.54) is 20.1 Å². The zero-order chi connectivity index (χ0) is 23.2. The predicted molar refractivity (Wildman–Crippen MR) is 113 cm³/mol. The van der Waals surface area contributed by atoms with Crippen molar-refractivity contribution in [1.29, 1.82) is 0 Å². The summed E-state index contributed by atoms with van der Waals surface area (Å²) >= 11 is 0. The summed E-state index contributed by atoms with van der Waals surface area (Å²) in [6.07, 6.45) is 0.916. The number of hydrazone groups is 1. The van der Waals surface area contributed by atoms with E-state index in [1.807, 2.05) is 0 Å². The lowest BCUT2D eigenvalue weighted by atomic mass is 9.74. The van der Waals surface area contributed by atoms with Gasteiger partial charge in [-0.2, -0.15) is 5.10 Å². The molecule has 0 saturated heterocycles. The van der Waals surface area contributed by atoms with E-state index in [0.717, 1.165) is 0 Å². The molecule has 2 aliphatic carbocycles. The highest BCUT2D eigenvalue weighted by Gasteiger charge is 2.40. The van der Waals surface area contributed by atoms with E-state index < -0.39 is 18.2 Å². The van der Waals surface area contributed by atoms with Crippen LogP contribution in [0.4, 0.5) is 0 Å². The number of rotatable bonds is 4. The average molecular weight is 438 g/mol. The van der Waals surface area contributed by atoms with Crippen molar-refractivity contribution in [3.63, 3.8) is 0 Å². The number of hydrogen-bond acceptors (Lipinski definition) is 8. The first kappa shape index (κ1) is 21.5. The number of ketones is 2. The Morgan fingerprint density at radius 1 is 1.12 bits per heavy atom. The molecule has 0 saturated carbocycles. The van der Waals surface area contributed by atoms with Crippen molar-refractivity contribution in [3.05, 3.63) is 51.6 Å². The summed E-state index contributed by atoms with van der Waals surface area (Å²) < 4.78 is 5.24. The minimum absolute atomic E-state index is 0.0563. The third kappa shape index (κ3) is 3.21. The second-order valence-electron chi connectivity index (χ2n) is 7.81. The largest absolute Gasteiger partial charge is 0.507 e. The number of carbonyl (C=O) groups excluding carboxylic acids is 3. The number of hydrogen-bond donors (Lipinski definition) is 4. The van der Waals surface area contributed by atoms with E-state index >= 15 is 0 Å². The molecular weight excluding hydrogens is 416 g/mol. The van der Waals surface area contributed by atoms with Crippen molar-refractivity contribution in [2.45, 2.75) is 26.2 Å². The maximum atomic E-state index is 13.3. The topological polar surface area (TPSA) is 146 Å². The number of benzene rings is 2. The third-order valence-electron chi connectivity index (χ3n) is 6.02. The standard InChI is InChI=1S/C23H22N2O7/c1-10(27)24-25-15(9-26)11-6-7-12-14(8-11)22(30)18-19(20(12)28)23(31)17-13(21(18)29)4-3-5-16(17)32-2/h3-5,11,26,28,30H,6-9H2,1-2H3,(H,24,27)/b25-15+. The van der Waals surface area contributed by atoms with Gasteiger partial charge in [-0.25, -0.2) is 5.43 Å². The maximum Gasteiger partial charge on any atom is 0.236 e. The smallest absolute Gasteiger partial charge is 0.236 e. The first-order valence-electron chi connectivity index (χ1n) is 10.1. The highest BCUT2D eigenvalue weighted by atomic mass is 16.5. The number of aliphatic hydroxyl groups is 1. The van der Waals surface area contributed by atoms with Gasteiger partial charge in [-0.3, -0.25) is 14.4 Å². The number of nitrogens with zero attached hydrogens (tertiary/aromatic N) is 1. The molecular formula is C23H22N2O7. The van der Waals surface area contributed by atoms with Crippen LogP contribution in [0.15, 0.2) is 23.3 Å². The fraction of sp³-hybridized carbons (Fsp3) is 0.304. The number of aromatic hydroxyl groups is 2. The van der Waals surface area contributed by atoms with Crippen molar-refractivity contribution >= 4 is 23.2 Å². The van der Waals surface area contributed by atoms with E-state index in [1.54, 1.807) is 12.1 Å². The van der Waals surface area contributed by atoms with Gasteiger partial charge in [0.15, 0.2) is 5.78 Å². The first-order chi connectivity index (χ1) is 15.3. The normalized spacial score (nSPS) is 17.3. The molecule has 4 N–H and O–H groups in total. The van der Waals surface area contributed by atoms with Crippen LogP contribution in [-0.2, 0) is 17.6 Å². The summed E-state index contributed by atoms with van der Waals surface area (Å²) in [5.74, 6) is -2.37. The second-order valence-corrected chi connectivity index (χ2v) is 7.81.